The zero-order chi connectivity index (χ0) is 29.8. The minimum absolute atomic E-state index is 0.00000102. The summed E-state index contributed by atoms with van der Waals surface area (Å²) in [6.45, 7) is 3.62. The first-order valence-electron chi connectivity index (χ1n) is 12.8. The molecule has 3 amide bonds. The molecule has 0 aliphatic heterocycles. The highest BCUT2D eigenvalue weighted by Gasteiger charge is 2.31. The molecule has 4 atom stereocenters. The van der Waals surface area contributed by atoms with E-state index in [-0.39, 0.29) is 30.9 Å². The van der Waals surface area contributed by atoms with Crippen molar-refractivity contribution in [1.29, 1.82) is 0 Å². The van der Waals surface area contributed by atoms with Gasteiger partial charge in [-0.2, -0.15) is 0 Å². The smallest absolute Gasteiger partial charge is 0.326 e. The molecule has 0 radical (unpaired) electrons. The number of carboxylic acids is 2. The molecule has 2 rings (SSSR count). The van der Waals surface area contributed by atoms with Crippen molar-refractivity contribution in [2.75, 3.05) is 0 Å². The SMILES string of the molecule is CC(C)CC(NC(=O)C(Cc1ccc(O)cc1)NC(=O)C(Cc1ccccc1)NC(=O)C(N)CC(=O)O)C(=O)O. The topological polar surface area (TPSA) is 208 Å². The first-order chi connectivity index (χ1) is 18.8. The van der Waals surface area contributed by atoms with Crippen LogP contribution in [0.25, 0.3) is 0 Å². The lowest BCUT2D eigenvalue weighted by Gasteiger charge is -2.26. The number of rotatable bonds is 15. The van der Waals surface area contributed by atoms with Crippen molar-refractivity contribution < 1.29 is 39.3 Å². The largest absolute Gasteiger partial charge is 0.508 e. The summed E-state index contributed by atoms with van der Waals surface area (Å²) in [5.41, 5.74) is 6.93. The maximum atomic E-state index is 13.5. The number of nitrogens with one attached hydrogen (secondary N) is 3. The molecule has 12 nitrogen and oxygen atoms in total. The zero-order valence-electron chi connectivity index (χ0n) is 22.4. The second-order valence-corrected chi connectivity index (χ2v) is 9.92. The Balaban J connectivity index is 2.33. The molecule has 0 aromatic heterocycles. The van der Waals surface area contributed by atoms with Gasteiger partial charge in [0.25, 0.3) is 0 Å². The molecule has 0 bridgehead atoms. The van der Waals surface area contributed by atoms with Crippen LogP contribution in [0.15, 0.2) is 54.6 Å². The number of benzene rings is 2. The van der Waals surface area contributed by atoms with Gasteiger partial charge in [0.2, 0.25) is 17.7 Å². The number of carbonyl (C=O) groups excluding carboxylic acids is 3. The number of amides is 3. The molecule has 0 fully saturated rings. The van der Waals surface area contributed by atoms with Gasteiger partial charge in [-0.05, 0) is 35.6 Å². The van der Waals surface area contributed by atoms with Gasteiger partial charge < -0.3 is 37.0 Å². The number of hydrogen-bond acceptors (Lipinski definition) is 7. The third-order valence-corrected chi connectivity index (χ3v) is 5.98. The summed E-state index contributed by atoms with van der Waals surface area (Å²) in [5, 5.41) is 35.7. The molecule has 0 spiro atoms. The molecule has 0 saturated heterocycles. The normalized spacial score (nSPS) is 13.9. The number of hydrogen-bond donors (Lipinski definition) is 7. The van der Waals surface area contributed by atoms with Crippen LogP contribution in [0.1, 0.15) is 37.8 Å². The van der Waals surface area contributed by atoms with E-state index in [4.69, 9.17) is 10.8 Å². The fraction of sp³-hybridized carbons (Fsp3) is 0.393. The molecule has 2 aromatic carbocycles. The summed E-state index contributed by atoms with van der Waals surface area (Å²) in [6.07, 6.45) is -0.522. The van der Waals surface area contributed by atoms with Gasteiger partial charge >= 0.3 is 11.9 Å². The first-order valence-corrected chi connectivity index (χ1v) is 12.8. The monoisotopic (exact) mass is 556 g/mol. The van der Waals surface area contributed by atoms with E-state index >= 15 is 0 Å². The number of carboxylic acid groups (broad SMARTS) is 2. The van der Waals surface area contributed by atoms with Crippen LogP contribution in [-0.4, -0.2) is 69.1 Å². The van der Waals surface area contributed by atoms with Gasteiger partial charge in [-0.15, -0.1) is 0 Å². The van der Waals surface area contributed by atoms with Crippen LogP contribution in [0.4, 0.5) is 0 Å². The van der Waals surface area contributed by atoms with Crippen LogP contribution >= 0.6 is 0 Å². The molecular weight excluding hydrogens is 520 g/mol. The molecule has 40 heavy (non-hydrogen) atoms. The number of aromatic hydroxyl groups is 1. The first kappa shape index (κ1) is 31.8. The summed E-state index contributed by atoms with van der Waals surface area (Å²) < 4.78 is 0. The fourth-order valence-corrected chi connectivity index (χ4v) is 3.93. The van der Waals surface area contributed by atoms with E-state index < -0.39 is 60.2 Å². The number of aliphatic carboxylic acids is 2. The van der Waals surface area contributed by atoms with Crippen LogP contribution < -0.4 is 21.7 Å². The standard InChI is InChI=1S/C28H36N4O8/c1-16(2)12-23(28(39)40)32-27(38)22(14-18-8-10-19(33)11-9-18)31-26(37)21(13-17-6-4-3-5-7-17)30-25(36)20(29)15-24(34)35/h3-11,16,20-23,33H,12-15,29H2,1-2H3,(H,30,36)(H,31,37)(H,32,38)(H,34,35)(H,39,40). The van der Waals surface area contributed by atoms with E-state index in [0.29, 0.717) is 11.1 Å². The summed E-state index contributed by atoms with van der Waals surface area (Å²) in [6, 6.07) is 9.57. The predicted octanol–water partition coefficient (Wildman–Crippen LogP) is 0.565. The Kier molecular flexibility index (Phi) is 12.1. The van der Waals surface area contributed by atoms with Gasteiger partial charge in [0.05, 0.1) is 12.5 Å². The Bertz CT molecular complexity index is 1170. The van der Waals surface area contributed by atoms with E-state index in [0.717, 1.165) is 0 Å². The third kappa shape index (κ3) is 10.7. The Morgan fingerprint density at radius 1 is 0.725 bits per heavy atom. The fourth-order valence-electron chi connectivity index (χ4n) is 3.93. The van der Waals surface area contributed by atoms with Crippen molar-refractivity contribution in [1.82, 2.24) is 16.0 Å². The van der Waals surface area contributed by atoms with Crippen LogP contribution in [0.5, 0.6) is 5.75 Å². The lowest BCUT2D eigenvalue weighted by molar-refractivity contribution is -0.142. The van der Waals surface area contributed by atoms with Crippen LogP contribution in [-0.2, 0) is 36.8 Å². The Hall–Kier alpha value is -4.45. The van der Waals surface area contributed by atoms with Crippen LogP contribution in [0.2, 0.25) is 0 Å². The van der Waals surface area contributed by atoms with Gasteiger partial charge in [-0.1, -0.05) is 56.3 Å². The summed E-state index contributed by atoms with van der Waals surface area (Å²) in [5.74, 6) is -4.91. The highest BCUT2D eigenvalue weighted by atomic mass is 16.4. The van der Waals surface area contributed by atoms with Crippen molar-refractivity contribution in [3.8, 4) is 5.75 Å². The molecular formula is C28H36N4O8. The van der Waals surface area contributed by atoms with Crippen molar-refractivity contribution in [3.63, 3.8) is 0 Å². The van der Waals surface area contributed by atoms with E-state index in [9.17, 15) is 34.2 Å². The van der Waals surface area contributed by atoms with Gasteiger partial charge in [0, 0.05) is 12.8 Å². The second kappa shape index (κ2) is 15.2. The molecule has 0 aliphatic carbocycles. The minimum atomic E-state index is -1.41. The summed E-state index contributed by atoms with van der Waals surface area (Å²) in [4.78, 5) is 62.1. The number of phenolic OH excluding ortho intramolecular Hbond substituents is 1. The Labute approximate surface area is 232 Å². The van der Waals surface area contributed by atoms with Gasteiger partial charge in [-0.25, -0.2) is 4.79 Å². The number of phenols is 1. The van der Waals surface area contributed by atoms with Crippen molar-refractivity contribution >= 4 is 29.7 Å². The average molecular weight is 557 g/mol. The van der Waals surface area contributed by atoms with Gasteiger partial charge in [-0.3, -0.25) is 19.2 Å². The third-order valence-electron chi connectivity index (χ3n) is 5.98. The highest BCUT2D eigenvalue weighted by molar-refractivity contribution is 5.95. The number of carbonyl (C=O) groups is 5. The van der Waals surface area contributed by atoms with Gasteiger partial charge in [0.1, 0.15) is 23.9 Å². The highest BCUT2D eigenvalue weighted by Crippen LogP contribution is 2.13. The minimum Gasteiger partial charge on any atom is -0.508 e. The van der Waals surface area contributed by atoms with E-state index in [1.165, 1.54) is 12.1 Å². The molecule has 8 N–H and O–H groups in total. The Morgan fingerprint density at radius 2 is 1.20 bits per heavy atom. The Morgan fingerprint density at radius 3 is 1.68 bits per heavy atom. The maximum absolute atomic E-state index is 13.5. The molecule has 2 aromatic rings. The second-order valence-electron chi connectivity index (χ2n) is 9.92. The molecule has 4 unspecified atom stereocenters. The molecule has 216 valence electrons. The van der Waals surface area contributed by atoms with E-state index in [1.54, 1.807) is 42.5 Å². The molecule has 0 heterocycles. The average Bonchev–Trinajstić information content (AvgIpc) is 2.88. The van der Waals surface area contributed by atoms with Crippen molar-refractivity contribution in [3.05, 3.63) is 65.7 Å². The van der Waals surface area contributed by atoms with Gasteiger partial charge in [0.15, 0.2) is 0 Å². The van der Waals surface area contributed by atoms with E-state index in [1.807, 2.05) is 13.8 Å². The van der Waals surface area contributed by atoms with Crippen molar-refractivity contribution in [2.24, 2.45) is 11.7 Å². The lowest BCUT2D eigenvalue weighted by Crippen LogP contribution is -2.58. The quantitative estimate of drug-likeness (QED) is 0.163. The predicted molar refractivity (Wildman–Crippen MR) is 145 cm³/mol. The molecule has 12 heteroatoms. The summed E-state index contributed by atoms with van der Waals surface area (Å²) >= 11 is 0. The van der Waals surface area contributed by atoms with E-state index in [2.05, 4.69) is 16.0 Å². The molecule has 0 aliphatic rings. The molecule has 0 saturated carbocycles. The van der Waals surface area contributed by atoms with Crippen molar-refractivity contribution in [2.45, 2.75) is 63.7 Å². The summed E-state index contributed by atoms with van der Waals surface area (Å²) in [7, 11) is 0. The lowest BCUT2D eigenvalue weighted by atomic mass is 10.0. The van der Waals surface area contributed by atoms with Crippen LogP contribution in [0.3, 0.4) is 0 Å². The number of nitrogens with two attached hydrogens (primary N) is 1. The maximum Gasteiger partial charge on any atom is 0.326 e. The van der Waals surface area contributed by atoms with Crippen LogP contribution in [0, 0.1) is 5.92 Å². The zero-order valence-corrected chi connectivity index (χ0v) is 22.4.